The Morgan fingerprint density at radius 1 is 1.33 bits per heavy atom. The minimum atomic E-state index is -4.04. The van der Waals surface area contributed by atoms with Gasteiger partial charge in [-0.15, -0.1) is 23.2 Å². The summed E-state index contributed by atoms with van der Waals surface area (Å²) in [6.45, 7) is 1.60. The number of alkyl halides is 2. The van der Waals surface area contributed by atoms with Crippen LogP contribution >= 0.6 is 42.8 Å². The van der Waals surface area contributed by atoms with Gasteiger partial charge in [0.05, 0.1) is 12.4 Å². The van der Waals surface area contributed by atoms with Crippen molar-refractivity contribution in [3.63, 3.8) is 0 Å². The van der Waals surface area contributed by atoms with E-state index in [4.69, 9.17) is 32.3 Å². The molecule has 1 heterocycles. The zero-order chi connectivity index (χ0) is 15.9. The van der Waals surface area contributed by atoms with Gasteiger partial charge < -0.3 is 4.52 Å². The SMILES string of the molecule is O=P1(N(CCCl)CCCl)OCCCN1SCCS(=O)(=O)O. The molecule has 0 aromatic carbocycles. The van der Waals surface area contributed by atoms with Crippen molar-refractivity contribution in [2.45, 2.75) is 6.42 Å². The predicted molar refractivity (Wildman–Crippen MR) is 86.8 cm³/mol. The Hall–Kier alpha value is 0.950. The average Bonchev–Trinajstić information content (AvgIpc) is 2.39. The molecular formula is C9H19Cl2N2O5PS2. The fourth-order valence-electron chi connectivity index (χ4n) is 1.74. The van der Waals surface area contributed by atoms with Crippen LogP contribution in [0.2, 0.25) is 0 Å². The molecule has 0 aromatic rings. The van der Waals surface area contributed by atoms with E-state index in [0.717, 1.165) is 11.9 Å². The van der Waals surface area contributed by atoms with Crippen LogP contribution in [0.25, 0.3) is 0 Å². The van der Waals surface area contributed by atoms with Crippen LogP contribution < -0.4 is 0 Å². The van der Waals surface area contributed by atoms with Crippen LogP contribution in [0.3, 0.4) is 0 Å². The van der Waals surface area contributed by atoms with Crippen molar-refractivity contribution in [1.82, 2.24) is 8.75 Å². The molecule has 1 aliphatic rings. The first-order valence-electron chi connectivity index (χ1n) is 6.31. The highest BCUT2D eigenvalue weighted by molar-refractivity contribution is 8.02. The summed E-state index contributed by atoms with van der Waals surface area (Å²) in [6.07, 6.45) is 0.693. The third-order valence-corrected chi connectivity index (χ3v) is 8.21. The van der Waals surface area contributed by atoms with E-state index in [1.165, 1.54) is 0 Å². The molecule has 7 nitrogen and oxygen atoms in total. The van der Waals surface area contributed by atoms with Crippen molar-refractivity contribution in [3.8, 4) is 0 Å². The zero-order valence-corrected chi connectivity index (χ0v) is 15.4. The molecule has 12 heteroatoms. The van der Waals surface area contributed by atoms with Crippen molar-refractivity contribution < 1.29 is 22.1 Å². The number of hydrogen-bond donors (Lipinski definition) is 1. The van der Waals surface area contributed by atoms with E-state index in [2.05, 4.69) is 0 Å². The second-order valence-corrected chi connectivity index (χ2v) is 10.2. The molecule has 21 heavy (non-hydrogen) atoms. The molecule has 0 amide bonds. The van der Waals surface area contributed by atoms with Crippen molar-refractivity contribution >= 4 is 52.9 Å². The first-order chi connectivity index (χ1) is 9.83. The van der Waals surface area contributed by atoms with Gasteiger partial charge in [-0.1, -0.05) is 11.9 Å². The third-order valence-electron chi connectivity index (χ3n) is 2.66. The first-order valence-corrected chi connectivity index (χ1v) is 11.5. The van der Waals surface area contributed by atoms with E-state index in [9.17, 15) is 13.0 Å². The molecule has 126 valence electrons. The van der Waals surface area contributed by atoms with Gasteiger partial charge in [0.15, 0.2) is 0 Å². The van der Waals surface area contributed by atoms with Crippen molar-refractivity contribution in [2.75, 3.05) is 49.5 Å². The largest absolute Gasteiger partial charge is 0.355 e. The number of rotatable bonds is 9. The van der Waals surface area contributed by atoms with Gasteiger partial charge in [-0.2, -0.15) is 12.5 Å². The lowest BCUT2D eigenvalue weighted by Gasteiger charge is -2.39. The summed E-state index contributed by atoms with van der Waals surface area (Å²) in [5.74, 6) is 0.266. The van der Waals surface area contributed by atoms with Gasteiger partial charge in [-0.25, -0.2) is 4.67 Å². The maximum atomic E-state index is 13.1. The lowest BCUT2D eigenvalue weighted by Crippen LogP contribution is -2.36. The highest BCUT2D eigenvalue weighted by Crippen LogP contribution is 2.59. The fourth-order valence-corrected chi connectivity index (χ4v) is 7.32. The number of hydrogen-bond acceptors (Lipinski definition) is 5. The summed E-state index contributed by atoms with van der Waals surface area (Å²) in [5.41, 5.74) is 0. The highest BCUT2D eigenvalue weighted by atomic mass is 35.5. The molecule has 0 aromatic heterocycles. The predicted octanol–water partition coefficient (Wildman–Crippen LogP) is 2.13. The second kappa shape index (κ2) is 9.30. The van der Waals surface area contributed by atoms with Crippen molar-refractivity contribution in [3.05, 3.63) is 0 Å². The van der Waals surface area contributed by atoms with Crippen LogP contribution in [0, 0.1) is 0 Å². The smallest absolute Gasteiger partial charge is 0.305 e. The Morgan fingerprint density at radius 2 is 1.95 bits per heavy atom. The van der Waals surface area contributed by atoms with Crippen LogP contribution in [-0.2, 0) is 19.2 Å². The summed E-state index contributed by atoms with van der Waals surface area (Å²) < 4.78 is 52.0. The standard InChI is InChI=1S/C9H19Cl2N2O5PS2/c10-2-5-12(6-3-11)19(14)13(4-1-7-18-19)20-8-9-21(15,16)17/h1-9H2,(H,15,16,17). The van der Waals surface area contributed by atoms with E-state index in [1.54, 1.807) is 8.75 Å². The Kier molecular flexibility index (Phi) is 8.85. The number of halogens is 2. The molecule has 1 N–H and O–H groups in total. The third kappa shape index (κ3) is 6.53. The molecule has 0 saturated carbocycles. The van der Waals surface area contributed by atoms with Gasteiger partial charge >= 0.3 is 7.67 Å². The summed E-state index contributed by atoms with van der Waals surface area (Å²) >= 11 is 12.5. The van der Waals surface area contributed by atoms with Gasteiger partial charge in [0, 0.05) is 37.1 Å². The lowest BCUT2D eigenvalue weighted by atomic mass is 10.5. The van der Waals surface area contributed by atoms with Crippen LogP contribution in [0.4, 0.5) is 0 Å². The quantitative estimate of drug-likeness (QED) is 0.272. The average molecular weight is 401 g/mol. The molecule has 1 fully saturated rings. The van der Waals surface area contributed by atoms with E-state index in [0.29, 0.717) is 32.7 Å². The Balaban J connectivity index is 2.75. The van der Waals surface area contributed by atoms with Gasteiger partial charge in [0.1, 0.15) is 0 Å². The topological polar surface area (TPSA) is 87.2 Å². The molecule has 0 bridgehead atoms. The van der Waals surface area contributed by atoms with Crippen LogP contribution in [0.5, 0.6) is 0 Å². The summed E-state index contributed by atoms with van der Waals surface area (Å²) in [6, 6.07) is 0. The molecule has 1 rings (SSSR count). The van der Waals surface area contributed by atoms with Crippen molar-refractivity contribution in [1.29, 1.82) is 0 Å². The van der Waals surface area contributed by atoms with E-state index in [1.807, 2.05) is 0 Å². The van der Waals surface area contributed by atoms with E-state index >= 15 is 0 Å². The second-order valence-electron chi connectivity index (χ2n) is 4.20. The van der Waals surface area contributed by atoms with Crippen molar-refractivity contribution in [2.24, 2.45) is 0 Å². The maximum absolute atomic E-state index is 13.1. The Labute approximate surface area is 139 Å². The first kappa shape index (κ1) is 20.0. The molecule has 0 spiro atoms. The van der Waals surface area contributed by atoms with E-state index in [-0.39, 0.29) is 17.5 Å². The van der Waals surface area contributed by atoms with Gasteiger partial charge in [-0.05, 0) is 6.42 Å². The van der Waals surface area contributed by atoms with Gasteiger partial charge in [-0.3, -0.25) is 9.12 Å². The van der Waals surface area contributed by atoms with Crippen LogP contribution in [0.1, 0.15) is 6.42 Å². The summed E-state index contributed by atoms with van der Waals surface area (Å²) in [7, 11) is -7.30. The number of nitrogens with zero attached hydrogens (tertiary/aromatic N) is 2. The maximum Gasteiger partial charge on any atom is 0.355 e. The molecule has 1 atom stereocenters. The van der Waals surface area contributed by atoms with Gasteiger partial charge in [0.2, 0.25) is 0 Å². The highest BCUT2D eigenvalue weighted by Gasteiger charge is 2.41. The molecule has 1 aliphatic heterocycles. The Bertz CT molecular complexity index is 461. The minimum absolute atomic E-state index is 0.0990. The molecular weight excluding hydrogens is 382 g/mol. The normalized spacial score (nSPS) is 24.6. The van der Waals surface area contributed by atoms with Crippen LogP contribution in [-0.4, -0.2) is 71.2 Å². The van der Waals surface area contributed by atoms with Gasteiger partial charge in [0.25, 0.3) is 10.1 Å². The lowest BCUT2D eigenvalue weighted by molar-refractivity contribution is 0.206. The Morgan fingerprint density at radius 3 is 2.48 bits per heavy atom. The monoisotopic (exact) mass is 400 g/mol. The van der Waals surface area contributed by atoms with E-state index < -0.39 is 23.5 Å². The fraction of sp³-hybridized carbons (Fsp3) is 1.00. The molecule has 0 radical (unpaired) electrons. The zero-order valence-electron chi connectivity index (χ0n) is 11.4. The summed E-state index contributed by atoms with van der Waals surface area (Å²) in [5, 5.41) is 0. The minimum Gasteiger partial charge on any atom is -0.305 e. The molecule has 0 aliphatic carbocycles. The molecule has 1 saturated heterocycles. The molecule has 1 unspecified atom stereocenters. The summed E-state index contributed by atoms with van der Waals surface area (Å²) in [4.78, 5) is 0. The van der Waals surface area contributed by atoms with Crippen LogP contribution in [0.15, 0.2) is 0 Å².